The molecule has 0 aromatic heterocycles. The Balaban J connectivity index is 1.56. The highest BCUT2D eigenvalue weighted by molar-refractivity contribution is 5.88. The summed E-state index contributed by atoms with van der Waals surface area (Å²) in [5.74, 6) is -0.109. The minimum Gasteiger partial charge on any atom is -0.344 e. The van der Waals surface area contributed by atoms with Gasteiger partial charge in [-0.1, -0.05) is 56.3 Å². The lowest BCUT2D eigenvalue weighted by Gasteiger charge is -2.29. The van der Waals surface area contributed by atoms with Gasteiger partial charge >= 0.3 is 0 Å². The Bertz CT molecular complexity index is 935. The number of carbonyl (C=O) groups excluding carboxylic acids is 2. The summed E-state index contributed by atoms with van der Waals surface area (Å²) >= 11 is 0. The molecule has 1 unspecified atom stereocenters. The van der Waals surface area contributed by atoms with Gasteiger partial charge in [0.2, 0.25) is 11.8 Å². The number of nitriles is 1. The molecule has 1 aliphatic rings. The Labute approximate surface area is 190 Å². The standard InChI is InChI=1S/C26H32N4O2/c1-20(2)25(28-24(31)17-21-7-4-3-5-8-21)26(32)30-14-6-13-29(15-16-30)19-23-11-9-22(18-27)10-12-23/h3-5,7-12,20,25H,6,13-17,19H2,1-2H3,(H,28,31). The minimum atomic E-state index is -0.517. The molecule has 1 N–H and O–H groups in total. The molecule has 0 aliphatic carbocycles. The Morgan fingerprint density at radius 2 is 1.69 bits per heavy atom. The van der Waals surface area contributed by atoms with Crippen molar-refractivity contribution in [3.05, 3.63) is 71.3 Å². The zero-order valence-corrected chi connectivity index (χ0v) is 19.0. The van der Waals surface area contributed by atoms with Crippen molar-refractivity contribution in [2.45, 2.75) is 39.3 Å². The molecule has 2 aromatic rings. The fourth-order valence-electron chi connectivity index (χ4n) is 4.01. The number of hydrogen-bond donors (Lipinski definition) is 1. The normalized spacial score (nSPS) is 15.6. The number of nitrogens with zero attached hydrogens (tertiary/aromatic N) is 3. The molecular formula is C26H32N4O2. The van der Waals surface area contributed by atoms with Crippen LogP contribution in [0, 0.1) is 17.2 Å². The summed E-state index contributed by atoms with van der Waals surface area (Å²) in [6.45, 7) is 7.79. The van der Waals surface area contributed by atoms with Crippen molar-refractivity contribution in [1.29, 1.82) is 5.26 Å². The maximum atomic E-state index is 13.3. The van der Waals surface area contributed by atoms with Crippen molar-refractivity contribution in [2.24, 2.45) is 5.92 Å². The van der Waals surface area contributed by atoms with Crippen molar-refractivity contribution >= 4 is 11.8 Å². The molecule has 1 saturated heterocycles. The lowest BCUT2D eigenvalue weighted by atomic mass is 10.0. The van der Waals surface area contributed by atoms with E-state index in [1.54, 1.807) is 0 Å². The Kier molecular flexibility index (Phi) is 8.41. The van der Waals surface area contributed by atoms with Crippen LogP contribution in [-0.2, 0) is 22.6 Å². The van der Waals surface area contributed by atoms with Crippen molar-refractivity contribution in [3.8, 4) is 6.07 Å². The molecule has 0 bridgehead atoms. The molecule has 6 nitrogen and oxygen atoms in total. The third-order valence-corrected chi connectivity index (χ3v) is 5.85. The lowest BCUT2D eigenvalue weighted by molar-refractivity contribution is -0.137. The molecule has 0 saturated carbocycles. The quantitative estimate of drug-likeness (QED) is 0.730. The third kappa shape index (κ3) is 6.66. The molecule has 2 aromatic carbocycles. The number of hydrogen-bond acceptors (Lipinski definition) is 4. The first kappa shape index (κ1) is 23.5. The van der Waals surface area contributed by atoms with Gasteiger partial charge in [-0.05, 0) is 35.6 Å². The molecule has 2 amide bonds. The van der Waals surface area contributed by atoms with Crippen molar-refractivity contribution < 1.29 is 9.59 Å². The van der Waals surface area contributed by atoms with Gasteiger partial charge in [-0.25, -0.2) is 0 Å². The van der Waals surface area contributed by atoms with Crippen LogP contribution in [0.2, 0.25) is 0 Å². The second kappa shape index (κ2) is 11.4. The zero-order valence-electron chi connectivity index (χ0n) is 19.0. The first-order valence-corrected chi connectivity index (χ1v) is 11.3. The van der Waals surface area contributed by atoms with E-state index in [0.717, 1.165) is 37.2 Å². The van der Waals surface area contributed by atoms with Crippen molar-refractivity contribution in [3.63, 3.8) is 0 Å². The van der Waals surface area contributed by atoms with E-state index in [9.17, 15) is 9.59 Å². The summed E-state index contributed by atoms with van der Waals surface area (Å²) in [4.78, 5) is 30.1. The Morgan fingerprint density at radius 1 is 0.969 bits per heavy atom. The summed E-state index contributed by atoms with van der Waals surface area (Å²) in [5, 5.41) is 11.9. The van der Waals surface area contributed by atoms with Crippen LogP contribution in [-0.4, -0.2) is 53.8 Å². The van der Waals surface area contributed by atoms with E-state index in [-0.39, 0.29) is 24.2 Å². The highest BCUT2D eigenvalue weighted by Gasteiger charge is 2.29. The third-order valence-electron chi connectivity index (χ3n) is 5.85. The number of benzene rings is 2. The molecular weight excluding hydrogens is 400 g/mol. The number of rotatable bonds is 7. The number of carbonyl (C=O) groups is 2. The predicted octanol–water partition coefficient (Wildman–Crippen LogP) is 2.98. The highest BCUT2D eigenvalue weighted by atomic mass is 16.2. The van der Waals surface area contributed by atoms with Gasteiger partial charge < -0.3 is 10.2 Å². The van der Waals surface area contributed by atoms with Crippen LogP contribution in [0.4, 0.5) is 0 Å². The zero-order chi connectivity index (χ0) is 22.9. The van der Waals surface area contributed by atoms with Gasteiger partial charge in [-0.2, -0.15) is 5.26 Å². The summed E-state index contributed by atoms with van der Waals surface area (Å²) in [7, 11) is 0. The molecule has 168 valence electrons. The van der Waals surface area contributed by atoms with Crippen LogP contribution in [0.25, 0.3) is 0 Å². The van der Waals surface area contributed by atoms with Crippen LogP contribution in [0.5, 0.6) is 0 Å². The molecule has 1 aliphatic heterocycles. The van der Waals surface area contributed by atoms with E-state index in [0.29, 0.717) is 18.7 Å². The van der Waals surface area contributed by atoms with Crippen LogP contribution < -0.4 is 5.32 Å². The fourth-order valence-corrected chi connectivity index (χ4v) is 4.01. The minimum absolute atomic E-state index is 0.00151. The maximum absolute atomic E-state index is 13.3. The summed E-state index contributed by atoms with van der Waals surface area (Å²) < 4.78 is 0. The highest BCUT2D eigenvalue weighted by Crippen LogP contribution is 2.13. The van der Waals surface area contributed by atoms with E-state index in [1.807, 2.05) is 73.3 Å². The van der Waals surface area contributed by atoms with Gasteiger partial charge in [-0.15, -0.1) is 0 Å². The first-order valence-electron chi connectivity index (χ1n) is 11.3. The Hall–Kier alpha value is -3.17. The second-order valence-corrected chi connectivity index (χ2v) is 8.72. The molecule has 0 radical (unpaired) electrons. The van der Waals surface area contributed by atoms with Crippen LogP contribution in [0.3, 0.4) is 0 Å². The SMILES string of the molecule is CC(C)C(NC(=O)Cc1ccccc1)C(=O)N1CCCN(Cc2ccc(C#N)cc2)CC1. The van der Waals surface area contributed by atoms with Crippen LogP contribution in [0.15, 0.2) is 54.6 Å². The van der Waals surface area contributed by atoms with E-state index in [4.69, 9.17) is 5.26 Å². The molecule has 1 atom stereocenters. The second-order valence-electron chi connectivity index (χ2n) is 8.72. The molecule has 6 heteroatoms. The van der Waals surface area contributed by atoms with Crippen LogP contribution in [0.1, 0.15) is 37.0 Å². The van der Waals surface area contributed by atoms with Gasteiger partial charge in [0.25, 0.3) is 0 Å². The van der Waals surface area contributed by atoms with Crippen LogP contribution >= 0.6 is 0 Å². The van der Waals surface area contributed by atoms with Gasteiger partial charge in [0.05, 0.1) is 18.1 Å². The van der Waals surface area contributed by atoms with Gasteiger partial charge in [-0.3, -0.25) is 14.5 Å². The van der Waals surface area contributed by atoms with E-state index in [1.165, 1.54) is 0 Å². The van der Waals surface area contributed by atoms with Crippen molar-refractivity contribution in [1.82, 2.24) is 15.1 Å². The van der Waals surface area contributed by atoms with E-state index in [2.05, 4.69) is 16.3 Å². The number of nitrogens with one attached hydrogen (secondary N) is 1. The maximum Gasteiger partial charge on any atom is 0.245 e. The summed E-state index contributed by atoms with van der Waals surface area (Å²) in [6.07, 6.45) is 1.17. The van der Waals surface area contributed by atoms with E-state index >= 15 is 0 Å². The fraction of sp³-hybridized carbons (Fsp3) is 0.423. The Morgan fingerprint density at radius 3 is 2.34 bits per heavy atom. The average Bonchev–Trinajstić information content (AvgIpc) is 3.03. The summed E-state index contributed by atoms with van der Waals surface area (Å²) in [5.41, 5.74) is 2.76. The first-order chi connectivity index (χ1) is 15.5. The topological polar surface area (TPSA) is 76.4 Å². The molecule has 0 spiro atoms. The van der Waals surface area contributed by atoms with Crippen molar-refractivity contribution in [2.75, 3.05) is 26.2 Å². The van der Waals surface area contributed by atoms with Gasteiger partial charge in [0, 0.05) is 32.7 Å². The largest absolute Gasteiger partial charge is 0.344 e. The summed E-state index contributed by atoms with van der Waals surface area (Å²) in [6, 6.07) is 18.9. The van der Waals surface area contributed by atoms with E-state index < -0.39 is 6.04 Å². The average molecular weight is 433 g/mol. The molecule has 3 rings (SSSR count). The van der Waals surface area contributed by atoms with Gasteiger partial charge in [0.1, 0.15) is 6.04 Å². The monoisotopic (exact) mass is 432 g/mol. The smallest absolute Gasteiger partial charge is 0.245 e. The van der Waals surface area contributed by atoms with Gasteiger partial charge in [0.15, 0.2) is 0 Å². The lowest BCUT2D eigenvalue weighted by Crippen LogP contribution is -2.52. The molecule has 1 fully saturated rings. The molecule has 32 heavy (non-hydrogen) atoms. The molecule has 1 heterocycles. The predicted molar refractivity (Wildman–Crippen MR) is 125 cm³/mol. The number of amides is 2.